The second kappa shape index (κ2) is 6.17. The Bertz CT molecular complexity index is 1060. The van der Waals surface area contributed by atoms with E-state index in [9.17, 15) is 9.18 Å². The summed E-state index contributed by atoms with van der Waals surface area (Å²) in [6.07, 6.45) is 0.418. The number of methoxy groups -OCH3 is 1. The van der Waals surface area contributed by atoms with Gasteiger partial charge in [0.2, 0.25) is 0 Å². The number of carbonyl (C=O) groups is 1. The van der Waals surface area contributed by atoms with Gasteiger partial charge in [0.1, 0.15) is 11.3 Å². The first-order chi connectivity index (χ1) is 12.5. The van der Waals surface area contributed by atoms with Crippen LogP contribution in [-0.2, 0) is 6.42 Å². The van der Waals surface area contributed by atoms with Crippen molar-refractivity contribution in [2.75, 3.05) is 12.4 Å². The van der Waals surface area contributed by atoms with Crippen LogP contribution in [0.1, 0.15) is 21.8 Å². The number of hydrogen-bond acceptors (Lipinski definition) is 5. The minimum atomic E-state index is -0.532. The minimum Gasteiger partial charge on any atom is -0.493 e. The van der Waals surface area contributed by atoms with Crippen molar-refractivity contribution in [1.29, 1.82) is 0 Å². The predicted molar refractivity (Wildman–Crippen MR) is 99.4 cm³/mol. The fourth-order valence-electron chi connectivity index (χ4n) is 3.28. The number of Topliss-reactive ketones (excluding diaryl/α,β-unsaturated/α-hetero) is 1. The minimum absolute atomic E-state index is 0.102. The van der Waals surface area contributed by atoms with E-state index in [1.807, 2.05) is 0 Å². The lowest BCUT2D eigenvalue weighted by molar-refractivity contribution is 0.0969. The van der Waals surface area contributed by atoms with Gasteiger partial charge in [-0.25, -0.2) is 9.37 Å². The summed E-state index contributed by atoms with van der Waals surface area (Å²) in [5, 5.41) is 2.97. The second-order valence-electron chi connectivity index (χ2n) is 6.14. The summed E-state index contributed by atoms with van der Waals surface area (Å²) in [7, 11) is 1.52. The third-order valence-corrected chi connectivity index (χ3v) is 4.85. The zero-order valence-corrected chi connectivity index (χ0v) is 14.9. The summed E-state index contributed by atoms with van der Waals surface area (Å²) in [6, 6.07) is 7.64. The van der Waals surface area contributed by atoms with Crippen molar-refractivity contribution in [2.24, 2.45) is 5.92 Å². The molecule has 1 aromatic heterocycles. The monoisotopic (exact) mass is 370 g/mol. The molecule has 0 spiro atoms. The Morgan fingerprint density at radius 2 is 2.23 bits per heavy atom. The number of fused-ring (bicyclic) bond motifs is 3. The van der Waals surface area contributed by atoms with Gasteiger partial charge >= 0.3 is 0 Å². The lowest BCUT2D eigenvalue weighted by atomic mass is 10.1. The van der Waals surface area contributed by atoms with Crippen LogP contribution in [0.3, 0.4) is 0 Å². The van der Waals surface area contributed by atoms with Gasteiger partial charge in [-0.05, 0) is 36.2 Å². The average molecular weight is 370 g/mol. The molecule has 1 N–H and O–H groups in total. The molecule has 1 unspecified atom stereocenters. The SMILES string of the molecule is COc1cc2c(c3nc(C)oc13)CC(C(=S)Nc1cccc(F)c1)C2=O. The number of thiocarbonyl (C=S) groups is 1. The van der Waals surface area contributed by atoms with Crippen LogP contribution in [0.5, 0.6) is 5.75 Å². The van der Waals surface area contributed by atoms with Crippen LogP contribution in [-0.4, -0.2) is 22.9 Å². The van der Waals surface area contributed by atoms with Gasteiger partial charge in [-0.3, -0.25) is 4.79 Å². The van der Waals surface area contributed by atoms with Crippen molar-refractivity contribution in [3.05, 3.63) is 53.2 Å². The van der Waals surface area contributed by atoms with E-state index >= 15 is 0 Å². The number of halogens is 1. The first-order valence-corrected chi connectivity index (χ1v) is 8.46. The van der Waals surface area contributed by atoms with Crippen molar-refractivity contribution < 1.29 is 18.3 Å². The highest BCUT2D eigenvalue weighted by atomic mass is 32.1. The van der Waals surface area contributed by atoms with Crippen LogP contribution >= 0.6 is 12.2 Å². The number of ether oxygens (including phenoxy) is 1. The van der Waals surface area contributed by atoms with Crippen LogP contribution in [0.2, 0.25) is 0 Å². The Hall–Kier alpha value is -2.80. The van der Waals surface area contributed by atoms with E-state index in [4.69, 9.17) is 21.4 Å². The Morgan fingerprint density at radius 3 is 2.96 bits per heavy atom. The van der Waals surface area contributed by atoms with Gasteiger partial charge in [-0.1, -0.05) is 18.3 Å². The lowest BCUT2D eigenvalue weighted by Gasteiger charge is -2.12. The van der Waals surface area contributed by atoms with Crippen molar-refractivity contribution in [1.82, 2.24) is 4.98 Å². The maximum atomic E-state index is 13.4. The van der Waals surface area contributed by atoms with E-state index in [1.165, 1.54) is 19.2 Å². The summed E-state index contributed by atoms with van der Waals surface area (Å²) >= 11 is 5.42. The van der Waals surface area contributed by atoms with E-state index in [1.54, 1.807) is 25.1 Å². The smallest absolute Gasteiger partial charge is 0.196 e. The molecule has 0 radical (unpaired) electrons. The Kier molecular flexibility index (Phi) is 3.96. The van der Waals surface area contributed by atoms with Crippen LogP contribution < -0.4 is 10.1 Å². The molecule has 0 saturated heterocycles. The molecule has 1 aliphatic rings. The third kappa shape index (κ3) is 2.64. The average Bonchev–Trinajstić information content (AvgIpc) is 3.14. The van der Waals surface area contributed by atoms with Gasteiger partial charge in [0, 0.05) is 18.2 Å². The van der Waals surface area contributed by atoms with E-state index < -0.39 is 5.92 Å². The van der Waals surface area contributed by atoms with Crippen LogP contribution in [0, 0.1) is 18.7 Å². The normalized spacial score (nSPS) is 16.0. The summed E-state index contributed by atoms with van der Waals surface area (Å²) in [5.41, 5.74) is 3.01. The van der Waals surface area contributed by atoms with Gasteiger partial charge in [0.25, 0.3) is 0 Å². The van der Waals surface area contributed by atoms with E-state index in [-0.39, 0.29) is 11.6 Å². The third-order valence-electron chi connectivity index (χ3n) is 4.46. The molecule has 2 aromatic carbocycles. The van der Waals surface area contributed by atoms with Crippen molar-refractivity contribution in [2.45, 2.75) is 13.3 Å². The predicted octanol–water partition coefficient (Wildman–Crippen LogP) is 4.08. The molecule has 4 rings (SSSR count). The number of carbonyl (C=O) groups excluding carboxylic acids is 1. The lowest BCUT2D eigenvalue weighted by Crippen LogP contribution is -2.25. The molecule has 132 valence electrons. The number of hydrogen-bond donors (Lipinski definition) is 1. The zero-order valence-electron chi connectivity index (χ0n) is 14.1. The molecule has 0 aliphatic heterocycles. The standard InChI is InChI=1S/C19H15FN2O3S/c1-9-21-16-12-7-14(19(26)22-11-5-3-4-10(20)6-11)17(23)13(12)8-15(24-2)18(16)25-9/h3-6,8,14H,7H2,1-2H3,(H,22,26). The van der Waals surface area contributed by atoms with Crippen LogP contribution in [0.4, 0.5) is 10.1 Å². The quantitative estimate of drug-likeness (QED) is 0.701. The number of ketones is 1. The van der Waals surface area contributed by atoms with E-state index in [2.05, 4.69) is 10.3 Å². The van der Waals surface area contributed by atoms with Gasteiger partial charge in [-0.2, -0.15) is 0 Å². The molecule has 1 heterocycles. The fourth-order valence-corrected chi connectivity index (χ4v) is 3.59. The molecule has 0 amide bonds. The number of rotatable bonds is 3. The summed E-state index contributed by atoms with van der Waals surface area (Å²) in [6.45, 7) is 1.75. The molecule has 0 bridgehead atoms. The molecule has 0 saturated carbocycles. The van der Waals surface area contributed by atoms with Crippen molar-refractivity contribution >= 4 is 39.8 Å². The molecular formula is C19H15FN2O3S. The molecular weight excluding hydrogens is 355 g/mol. The van der Waals surface area contributed by atoms with Gasteiger partial charge in [-0.15, -0.1) is 0 Å². The van der Waals surface area contributed by atoms with Crippen LogP contribution in [0.25, 0.3) is 11.1 Å². The summed E-state index contributed by atoms with van der Waals surface area (Å²) < 4.78 is 24.3. The Morgan fingerprint density at radius 1 is 1.42 bits per heavy atom. The maximum Gasteiger partial charge on any atom is 0.196 e. The first-order valence-electron chi connectivity index (χ1n) is 8.05. The Balaban J connectivity index is 1.69. The summed E-state index contributed by atoms with van der Waals surface area (Å²) in [5.74, 6) is -0.0332. The molecule has 26 heavy (non-hydrogen) atoms. The van der Waals surface area contributed by atoms with Gasteiger partial charge < -0.3 is 14.5 Å². The van der Waals surface area contributed by atoms with E-state index in [0.717, 1.165) is 5.56 Å². The van der Waals surface area contributed by atoms with Crippen molar-refractivity contribution in [3.63, 3.8) is 0 Å². The molecule has 1 aliphatic carbocycles. The highest BCUT2D eigenvalue weighted by Crippen LogP contribution is 2.38. The second-order valence-corrected chi connectivity index (χ2v) is 6.58. The number of anilines is 1. The molecule has 0 fully saturated rings. The zero-order chi connectivity index (χ0) is 18.4. The molecule has 3 aromatic rings. The fraction of sp³-hybridized carbons (Fsp3) is 0.211. The van der Waals surface area contributed by atoms with E-state index in [0.29, 0.717) is 45.4 Å². The van der Waals surface area contributed by atoms with Crippen LogP contribution in [0.15, 0.2) is 34.7 Å². The largest absolute Gasteiger partial charge is 0.493 e. The van der Waals surface area contributed by atoms with Crippen molar-refractivity contribution in [3.8, 4) is 5.75 Å². The van der Waals surface area contributed by atoms with Gasteiger partial charge in [0.05, 0.1) is 18.0 Å². The highest BCUT2D eigenvalue weighted by Gasteiger charge is 2.37. The first kappa shape index (κ1) is 16.7. The number of aromatic nitrogens is 1. The summed E-state index contributed by atoms with van der Waals surface area (Å²) in [4.78, 5) is 17.7. The highest BCUT2D eigenvalue weighted by molar-refractivity contribution is 7.80. The molecule has 1 atom stereocenters. The number of oxazole rings is 1. The number of nitrogens with zero attached hydrogens (tertiary/aromatic N) is 1. The number of aryl methyl sites for hydroxylation is 1. The maximum absolute atomic E-state index is 13.4. The van der Waals surface area contributed by atoms with Gasteiger partial charge in [0.15, 0.2) is 23.0 Å². The number of benzene rings is 2. The number of nitrogens with one attached hydrogen (secondary N) is 1. The molecule has 7 heteroatoms. The molecule has 5 nitrogen and oxygen atoms in total. The Labute approximate surface area is 154 Å². The topological polar surface area (TPSA) is 64.4 Å².